The van der Waals surface area contributed by atoms with Crippen molar-refractivity contribution >= 4 is 38.6 Å². The summed E-state index contributed by atoms with van der Waals surface area (Å²) in [5.74, 6) is -0.753. The maximum Gasteiger partial charge on any atom is 0.244 e. The van der Waals surface area contributed by atoms with Gasteiger partial charge in [-0.1, -0.05) is 11.6 Å². The second kappa shape index (κ2) is 5.88. The molecule has 0 saturated heterocycles. The molecule has 114 valence electrons. The summed E-state index contributed by atoms with van der Waals surface area (Å²) in [7, 11) is -2.48. The number of anilines is 1. The molecule has 0 fully saturated rings. The lowest BCUT2D eigenvalue weighted by molar-refractivity contribution is 0.462. The van der Waals surface area contributed by atoms with Crippen molar-refractivity contribution in [2.45, 2.75) is 18.4 Å². The van der Waals surface area contributed by atoms with E-state index < -0.39 is 15.8 Å². The van der Waals surface area contributed by atoms with Gasteiger partial charge in [0.1, 0.15) is 10.7 Å². The molecule has 2 N–H and O–H groups in total. The van der Waals surface area contributed by atoms with Crippen LogP contribution in [0.25, 0.3) is 0 Å². The molecule has 5 nitrogen and oxygen atoms in total. The highest BCUT2D eigenvalue weighted by Gasteiger charge is 2.25. The molecule has 0 aliphatic heterocycles. The second-order valence-electron chi connectivity index (χ2n) is 4.42. The molecule has 1 aromatic heterocycles. The van der Waals surface area contributed by atoms with Crippen LogP contribution in [0.5, 0.6) is 0 Å². The molecule has 0 atom stereocenters. The largest absolute Gasteiger partial charge is 0.396 e. The standard InChI is InChI=1S/C12H13ClFN3O2S2/c1-7-16-8(6-20-7)5-17(2)21(18,19)12-4-11(15)10(14)3-9(12)13/h3-4,6H,5,15H2,1-2H3. The third-order valence-electron chi connectivity index (χ3n) is 2.79. The number of halogens is 2. The predicted octanol–water partition coefficient (Wildman–Crippen LogP) is 2.65. The number of thiazole rings is 1. The molecule has 2 rings (SSSR count). The minimum atomic E-state index is -3.88. The third kappa shape index (κ3) is 3.34. The Bertz CT molecular complexity index is 777. The van der Waals surface area contributed by atoms with Crippen molar-refractivity contribution in [2.75, 3.05) is 12.8 Å². The monoisotopic (exact) mass is 349 g/mol. The number of nitrogen functional groups attached to an aromatic ring is 1. The van der Waals surface area contributed by atoms with Gasteiger partial charge in [0.2, 0.25) is 10.0 Å². The molecule has 0 amide bonds. The van der Waals surface area contributed by atoms with E-state index in [1.165, 1.54) is 18.4 Å². The number of aromatic nitrogens is 1. The van der Waals surface area contributed by atoms with E-state index in [-0.39, 0.29) is 22.2 Å². The van der Waals surface area contributed by atoms with Gasteiger partial charge in [-0.15, -0.1) is 11.3 Å². The Balaban J connectivity index is 2.35. The van der Waals surface area contributed by atoms with E-state index in [1.54, 1.807) is 5.38 Å². The summed E-state index contributed by atoms with van der Waals surface area (Å²) < 4.78 is 39.3. The molecule has 0 bridgehead atoms. The summed E-state index contributed by atoms with van der Waals surface area (Å²) in [4.78, 5) is 3.98. The number of nitrogens with zero attached hydrogens (tertiary/aromatic N) is 2. The molecule has 9 heteroatoms. The zero-order chi connectivity index (χ0) is 15.8. The average Bonchev–Trinajstić information content (AvgIpc) is 2.79. The molecule has 0 radical (unpaired) electrons. The van der Waals surface area contributed by atoms with E-state index in [0.29, 0.717) is 5.69 Å². The van der Waals surface area contributed by atoms with Crippen LogP contribution in [-0.4, -0.2) is 24.8 Å². The van der Waals surface area contributed by atoms with E-state index >= 15 is 0 Å². The first-order valence-electron chi connectivity index (χ1n) is 5.83. The first-order valence-corrected chi connectivity index (χ1v) is 8.53. The SMILES string of the molecule is Cc1nc(CN(C)S(=O)(=O)c2cc(N)c(F)cc2Cl)cs1. The van der Waals surface area contributed by atoms with E-state index in [0.717, 1.165) is 21.4 Å². The fourth-order valence-corrected chi connectivity index (χ4v) is 3.97. The van der Waals surface area contributed by atoms with Crippen molar-refractivity contribution in [1.82, 2.24) is 9.29 Å². The van der Waals surface area contributed by atoms with Gasteiger partial charge in [0.25, 0.3) is 0 Å². The summed E-state index contributed by atoms with van der Waals surface area (Å²) in [6.07, 6.45) is 0. The minimum absolute atomic E-state index is 0.0975. The average molecular weight is 350 g/mol. The van der Waals surface area contributed by atoms with Crippen LogP contribution in [0, 0.1) is 12.7 Å². The Morgan fingerprint density at radius 1 is 1.48 bits per heavy atom. The summed E-state index contributed by atoms with van der Waals surface area (Å²) in [6, 6.07) is 1.92. The normalized spacial score (nSPS) is 12.0. The molecular formula is C12H13ClFN3O2S2. The van der Waals surface area contributed by atoms with Gasteiger partial charge in [-0.2, -0.15) is 4.31 Å². The summed E-state index contributed by atoms with van der Waals surface area (Å²) in [5.41, 5.74) is 5.78. The minimum Gasteiger partial charge on any atom is -0.396 e. The summed E-state index contributed by atoms with van der Waals surface area (Å²) in [5, 5.41) is 2.42. The van der Waals surface area contributed by atoms with Crippen LogP contribution >= 0.6 is 22.9 Å². The fourth-order valence-electron chi connectivity index (χ4n) is 1.70. The number of nitrogens with two attached hydrogens (primary N) is 1. The summed E-state index contributed by atoms with van der Waals surface area (Å²) >= 11 is 7.25. The van der Waals surface area contributed by atoms with Gasteiger partial charge in [0.05, 0.1) is 28.0 Å². The van der Waals surface area contributed by atoms with Crippen molar-refractivity contribution in [3.63, 3.8) is 0 Å². The topological polar surface area (TPSA) is 76.3 Å². The predicted molar refractivity (Wildman–Crippen MR) is 81.3 cm³/mol. The van der Waals surface area contributed by atoms with Crippen LogP contribution in [0.3, 0.4) is 0 Å². The van der Waals surface area contributed by atoms with E-state index in [1.807, 2.05) is 6.92 Å². The van der Waals surface area contributed by atoms with Gasteiger partial charge in [-0.3, -0.25) is 0 Å². The zero-order valence-corrected chi connectivity index (χ0v) is 13.7. The maximum absolute atomic E-state index is 13.3. The first-order chi connectivity index (χ1) is 9.71. The molecule has 1 aromatic carbocycles. The van der Waals surface area contributed by atoms with E-state index in [2.05, 4.69) is 4.98 Å². The molecular weight excluding hydrogens is 337 g/mol. The molecule has 0 spiro atoms. The number of aryl methyl sites for hydroxylation is 1. The third-order valence-corrected chi connectivity index (χ3v) is 5.88. The molecule has 1 heterocycles. The fraction of sp³-hybridized carbons (Fsp3) is 0.250. The Morgan fingerprint density at radius 3 is 2.71 bits per heavy atom. The second-order valence-corrected chi connectivity index (χ2v) is 7.91. The number of benzene rings is 1. The number of sulfonamides is 1. The Labute approximate surface area is 131 Å². The number of hydrogen-bond donors (Lipinski definition) is 1. The van der Waals surface area contributed by atoms with Crippen molar-refractivity contribution in [1.29, 1.82) is 0 Å². The number of rotatable bonds is 4. The van der Waals surface area contributed by atoms with Crippen molar-refractivity contribution in [2.24, 2.45) is 0 Å². The van der Waals surface area contributed by atoms with Crippen molar-refractivity contribution in [3.8, 4) is 0 Å². The molecule has 0 unspecified atom stereocenters. The van der Waals surface area contributed by atoms with E-state index in [9.17, 15) is 12.8 Å². The van der Waals surface area contributed by atoms with Crippen LogP contribution < -0.4 is 5.73 Å². The highest BCUT2D eigenvalue weighted by atomic mass is 35.5. The van der Waals surface area contributed by atoms with Crippen LogP contribution in [0.2, 0.25) is 5.02 Å². The Hall–Kier alpha value is -1.22. The lowest BCUT2D eigenvalue weighted by Gasteiger charge is -2.17. The molecule has 21 heavy (non-hydrogen) atoms. The summed E-state index contributed by atoms with van der Waals surface area (Å²) in [6.45, 7) is 1.93. The van der Waals surface area contributed by atoms with Gasteiger partial charge < -0.3 is 5.73 Å². The maximum atomic E-state index is 13.3. The lowest BCUT2D eigenvalue weighted by Crippen LogP contribution is -2.27. The quantitative estimate of drug-likeness (QED) is 0.861. The van der Waals surface area contributed by atoms with Crippen LogP contribution in [0.1, 0.15) is 10.7 Å². The lowest BCUT2D eigenvalue weighted by atomic mass is 10.3. The van der Waals surface area contributed by atoms with Crippen molar-refractivity contribution in [3.05, 3.63) is 39.1 Å². The molecule has 0 aliphatic carbocycles. The Morgan fingerprint density at radius 2 is 2.14 bits per heavy atom. The van der Waals surface area contributed by atoms with Crippen LogP contribution in [0.4, 0.5) is 10.1 Å². The van der Waals surface area contributed by atoms with Gasteiger partial charge in [0.15, 0.2) is 0 Å². The van der Waals surface area contributed by atoms with Gasteiger partial charge in [0, 0.05) is 12.4 Å². The van der Waals surface area contributed by atoms with Gasteiger partial charge in [-0.25, -0.2) is 17.8 Å². The van der Waals surface area contributed by atoms with E-state index in [4.69, 9.17) is 17.3 Å². The Kier molecular flexibility index (Phi) is 4.52. The highest BCUT2D eigenvalue weighted by Crippen LogP contribution is 2.29. The molecule has 0 aliphatic rings. The van der Waals surface area contributed by atoms with Gasteiger partial charge >= 0.3 is 0 Å². The van der Waals surface area contributed by atoms with Gasteiger partial charge in [-0.05, 0) is 19.1 Å². The van der Waals surface area contributed by atoms with Crippen LogP contribution in [-0.2, 0) is 16.6 Å². The molecule has 2 aromatic rings. The first kappa shape index (κ1) is 16.2. The smallest absolute Gasteiger partial charge is 0.244 e. The molecule has 0 saturated carbocycles. The highest BCUT2D eigenvalue weighted by molar-refractivity contribution is 7.89. The number of hydrogen-bond acceptors (Lipinski definition) is 5. The zero-order valence-electron chi connectivity index (χ0n) is 11.3. The van der Waals surface area contributed by atoms with Crippen molar-refractivity contribution < 1.29 is 12.8 Å². The van der Waals surface area contributed by atoms with Crippen LogP contribution in [0.15, 0.2) is 22.4 Å².